The van der Waals surface area contributed by atoms with Crippen LogP contribution < -0.4 is 10.6 Å². The molecule has 19 heavy (non-hydrogen) atoms. The van der Waals surface area contributed by atoms with Crippen LogP contribution in [0.25, 0.3) is 10.9 Å². The van der Waals surface area contributed by atoms with Crippen LogP contribution in [-0.4, -0.2) is 29.0 Å². The third-order valence-electron chi connectivity index (χ3n) is 3.14. The highest BCUT2D eigenvalue weighted by atomic mass is 16.2. The van der Waals surface area contributed by atoms with E-state index in [1.807, 2.05) is 24.3 Å². The number of hydrogen-bond donors (Lipinski definition) is 2. The largest absolute Gasteiger partial charge is 0.354 e. The lowest BCUT2D eigenvalue weighted by molar-refractivity contribution is -0.122. The molecule has 0 unspecified atom stereocenters. The molecule has 0 radical (unpaired) electrons. The smallest absolute Gasteiger partial charge is 0.223 e. The van der Waals surface area contributed by atoms with Crippen molar-refractivity contribution in [2.45, 2.75) is 12.8 Å². The van der Waals surface area contributed by atoms with Crippen molar-refractivity contribution in [1.29, 1.82) is 0 Å². The normalized spacial score (nSPS) is 14.3. The fourth-order valence-corrected chi connectivity index (χ4v) is 1.91. The van der Waals surface area contributed by atoms with Crippen LogP contribution in [0.5, 0.6) is 0 Å². The fourth-order valence-electron chi connectivity index (χ4n) is 1.91. The van der Waals surface area contributed by atoms with Gasteiger partial charge in [-0.2, -0.15) is 0 Å². The molecule has 0 atom stereocenters. The summed E-state index contributed by atoms with van der Waals surface area (Å²) < 4.78 is 0. The molecule has 1 aliphatic carbocycles. The minimum absolute atomic E-state index is 0.168. The summed E-state index contributed by atoms with van der Waals surface area (Å²) in [6.07, 6.45) is 3.87. The molecule has 0 bridgehead atoms. The van der Waals surface area contributed by atoms with Crippen molar-refractivity contribution in [3.63, 3.8) is 0 Å². The van der Waals surface area contributed by atoms with Crippen molar-refractivity contribution >= 4 is 22.8 Å². The number of anilines is 1. The number of hydrogen-bond acceptors (Lipinski definition) is 4. The monoisotopic (exact) mass is 256 g/mol. The van der Waals surface area contributed by atoms with Gasteiger partial charge in [-0.05, 0) is 18.9 Å². The van der Waals surface area contributed by atoms with E-state index >= 15 is 0 Å². The average molecular weight is 256 g/mol. The summed E-state index contributed by atoms with van der Waals surface area (Å²) >= 11 is 0. The number of carbonyl (C=O) groups is 1. The summed E-state index contributed by atoms with van der Waals surface area (Å²) in [4.78, 5) is 20.1. The first-order valence-corrected chi connectivity index (χ1v) is 6.56. The van der Waals surface area contributed by atoms with Gasteiger partial charge in [0.15, 0.2) is 0 Å². The quantitative estimate of drug-likeness (QED) is 0.797. The van der Waals surface area contributed by atoms with Gasteiger partial charge < -0.3 is 10.6 Å². The summed E-state index contributed by atoms with van der Waals surface area (Å²) in [5.41, 5.74) is 0.919. The number of benzene rings is 1. The van der Waals surface area contributed by atoms with Gasteiger partial charge in [0.05, 0.1) is 5.52 Å². The summed E-state index contributed by atoms with van der Waals surface area (Å²) in [5, 5.41) is 7.03. The van der Waals surface area contributed by atoms with Crippen molar-refractivity contribution in [3.8, 4) is 0 Å². The molecule has 0 aliphatic heterocycles. The van der Waals surface area contributed by atoms with E-state index in [1.165, 1.54) is 0 Å². The Hall–Kier alpha value is -2.17. The van der Waals surface area contributed by atoms with Crippen LogP contribution in [0.15, 0.2) is 30.5 Å². The maximum absolute atomic E-state index is 11.4. The summed E-state index contributed by atoms with van der Waals surface area (Å²) in [5.74, 6) is 1.03. The second-order valence-electron chi connectivity index (χ2n) is 4.74. The van der Waals surface area contributed by atoms with Crippen molar-refractivity contribution in [2.75, 3.05) is 18.4 Å². The molecule has 1 aliphatic rings. The Labute approximate surface area is 111 Å². The molecule has 3 rings (SSSR count). The van der Waals surface area contributed by atoms with Crippen LogP contribution in [0.1, 0.15) is 12.8 Å². The molecular formula is C14H16N4O. The molecule has 5 heteroatoms. The van der Waals surface area contributed by atoms with Gasteiger partial charge in [0, 0.05) is 30.6 Å². The second-order valence-corrected chi connectivity index (χ2v) is 4.74. The van der Waals surface area contributed by atoms with E-state index in [2.05, 4.69) is 20.6 Å². The van der Waals surface area contributed by atoms with E-state index < -0.39 is 0 Å². The summed E-state index contributed by atoms with van der Waals surface area (Å²) in [7, 11) is 0. The zero-order valence-corrected chi connectivity index (χ0v) is 10.6. The summed E-state index contributed by atoms with van der Waals surface area (Å²) in [6, 6.07) is 7.85. The number of amides is 1. The maximum Gasteiger partial charge on any atom is 0.223 e. The van der Waals surface area contributed by atoms with Gasteiger partial charge >= 0.3 is 0 Å². The molecule has 1 fully saturated rings. The highest BCUT2D eigenvalue weighted by molar-refractivity contribution is 5.80. The molecule has 1 aromatic carbocycles. The van der Waals surface area contributed by atoms with Crippen LogP contribution in [0.4, 0.5) is 5.95 Å². The third-order valence-corrected chi connectivity index (χ3v) is 3.14. The van der Waals surface area contributed by atoms with E-state index in [4.69, 9.17) is 0 Å². The predicted octanol–water partition coefficient (Wildman–Crippen LogP) is 1.57. The van der Waals surface area contributed by atoms with Crippen molar-refractivity contribution in [3.05, 3.63) is 30.5 Å². The topological polar surface area (TPSA) is 66.9 Å². The molecule has 0 spiro atoms. The average Bonchev–Trinajstić information content (AvgIpc) is 3.28. The van der Waals surface area contributed by atoms with Gasteiger partial charge in [-0.15, -0.1) is 0 Å². The minimum atomic E-state index is 0.168. The van der Waals surface area contributed by atoms with Crippen molar-refractivity contribution in [1.82, 2.24) is 15.3 Å². The van der Waals surface area contributed by atoms with Crippen LogP contribution in [-0.2, 0) is 4.79 Å². The molecule has 2 aromatic rings. The van der Waals surface area contributed by atoms with Crippen LogP contribution in [0.3, 0.4) is 0 Å². The Morgan fingerprint density at radius 1 is 1.26 bits per heavy atom. The SMILES string of the molecule is O=C(NCCNc1ncc2ccccc2n1)C1CC1. The van der Waals surface area contributed by atoms with Crippen molar-refractivity contribution < 1.29 is 4.79 Å². The molecule has 0 saturated heterocycles. The minimum Gasteiger partial charge on any atom is -0.354 e. The lowest BCUT2D eigenvalue weighted by Crippen LogP contribution is -2.30. The van der Waals surface area contributed by atoms with E-state index in [9.17, 15) is 4.79 Å². The predicted molar refractivity (Wildman–Crippen MR) is 73.8 cm³/mol. The standard InChI is InChI=1S/C14H16N4O/c19-13(10-5-6-10)15-7-8-16-14-17-9-11-3-1-2-4-12(11)18-14/h1-4,9-10H,5-8H2,(H,15,19)(H,16,17,18). The highest BCUT2D eigenvalue weighted by Gasteiger charge is 2.28. The van der Waals surface area contributed by atoms with Crippen LogP contribution in [0.2, 0.25) is 0 Å². The second kappa shape index (κ2) is 5.22. The molecule has 1 amide bonds. The molecular weight excluding hydrogens is 240 g/mol. The zero-order valence-electron chi connectivity index (χ0n) is 10.6. The maximum atomic E-state index is 11.4. The number of nitrogens with one attached hydrogen (secondary N) is 2. The van der Waals surface area contributed by atoms with Gasteiger partial charge in [0.2, 0.25) is 11.9 Å². The number of carbonyl (C=O) groups excluding carboxylic acids is 1. The first kappa shape index (κ1) is 11.9. The number of fused-ring (bicyclic) bond motifs is 1. The van der Waals surface area contributed by atoms with E-state index in [0.29, 0.717) is 19.0 Å². The van der Waals surface area contributed by atoms with Gasteiger partial charge in [0.25, 0.3) is 0 Å². The van der Waals surface area contributed by atoms with E-state index in [-0.39, 0.29) is 11.8 Å². The first-order chi connectivity index (χ1) is 9.33. The number of nitrogens with zero attached hydrogens (tertiary/aromatic N) is 2. The van der Waals surface area contributed by atoms with Gasteiger partial charge in [-0.3, -0.25) is 4.79 Å². The fraction of sp³-hybridized carbons (Fsp3) is 0.357. The molecule has 1 heterocycles. The molecule has 5 nitrogen and oxygen atoms in total. The number of aromatic nitrogens is 2. The first-order valence-electron chi connectivity index (χ1n) is 6.56. The van der Waals surface area contributed by atoms with Crippen LogP contribution in [0, 0.1) is 5.92 Å². The Balaban J connectivity index is 1.51. The van der Waals surface area contributed by atoms with E-state index in [0.717, 1.165) is 23.7 Å². The number of para-hydroxylation sites is 1. The molecule has 1 saturated carbocycles. The van der Waals surface area contributed by atoms with E-state index in [1.54, 1.807) is 6.20 Å². The lowest BCUT2D eigenvalue weighted by atomic mass is 10.2. The van der Waals surface area contributed by atoms with Crippen molar-refractivity contribution in [2.24, 2.45) is 5.92 Å². The molecule has 2 N–H and O–H groups in total. The Bertz CT molecular complexity index is 595. The number of rotatable bonds is 5. The lowest BCUT2D eigenvalue weighted by Gasteiger charge is -2.06. The summed E-state index contributed by atoms with van der Waals surface area (Å²) in [6.45, 7) is 1.24. The Kier molecular flexibility index (Phi) is 3.27. The van der Waals surface area contributed by atoms with Gasteiger partial charge in [-0.25, -0.2) is 9.97 Å². The third kappa shape index (κ3) is 2.99. The van der Waals surface area contributed by atoms with Gasteiger partial charge in [-0.1, -0.05) is 18.2 Å². The highest BCUT2D eigenvalue weighted by Crippen LogP contribution is 2.28. The molecule has 1 aromatic heterocycles. The Morgan fingerprint density at radius 2 is 2.11 bits per heavy atom. The van der Waals surface area contributed by atoms with Gasteiger partial charge in [0.1, 0.15) is 0 Å². The Morgan fingerprint density at radius 3 is 2.95 bits per heavy atom. The van der Waals surface area contributed by atoms with Crippen LogP contribution >= 0.6 is 0 Å². The zero-order chi connectivity index (χ0) is 13.1. The molecule has 98 valence electrons.